The topological polar surface area (TPSA) is 51.0 Å². The molecule has 0 saturated carbocycles. The summed E-state index contributed by atoms with van der Waals surface area (Å²) in [6.07, 6.45) is 3.62. The summed E-state index contributed by atoms with van der Waals surface area (Å²) >= 11 is 0. The van der Waals surface area contributed by atoms with Gasteiger partial charge >= 0.3 is 0 Å². The van der Waals surface area contributed by atoms with Crippen molar-refractivity contribution in [1.29, 1.82) is 0 Å². The zero-order valence-corrected chi connectivity index (χ0v) is 14.7. The molecule has 1 aliphatic heterocycles. The Hall–Kier alpha value is -2.95. The molecule has 0 spiro atoms. The fourth-order valence-electron chi connectivity index (χ4n) is 3.48. The van der Waals surface area contributed by atoms with Crippen molar-refractivity contribution in [3.63, 3.8) is 0 Å². The molecule has 0 saturated heterocycles. The van der Waals surface area contributed by atoms with Crippen molar-refractivity contribution in [2.45, 2.75) is 26.9 Å². The fourth-order valence-corrected chi connectivity index (χ4v) is 3.48. The zero-order valence-electron chi connectivity index (χ0n) is 14.7. The molecule has 0 bridgehead atoms. The van der Waals surface area contributed by atoms with E-state index in [4.69, 9.17) is 0 Å². The number of pyridine rings is 1. The van der Waals surface area contributed by atoms with Crippen LogP contribution in [-0.2, 0) is 13.1 Å². The molecule has 4 rings (SSSR count). The molecule has 126 valence electrons. The van der Waals surface area contributed by atoms with Crippen molar-refractivity contribution in [2.75, 3.05) is 7.05 Å². The highest BCUT2D eigenvalue weighted by Crippen LogP contribution is 2.35. The van der Waals surface area contributed by atoms with E-state index < -0.39 is 0 Å². The highest BCUT2D eigenvalue weighted by molar-refractivity contribution is 6.01. The van der Waals surface area contributed by atoms with Gasteiger partial charge in [-0.15, -0.1) is 0 Å². The molecule has 0 N–H and O–H groups in total. The molecule has 0 fully saturated rings. The van der Waals surface area contributed by atoms with Gasteiger partial charge in [0.05, 0.1) is 6.20 Å². The monoisotopic (exact) mass is 332 g/mol. The van der Waals surface area contributed by atoms with Gasteiger partial charge in [-0.25, -0.2) is 0 Å². The summed E-state index contributed by atoms with van der Waals surface area (Å²) in [5, 5.41) is 4.42. The summed E-state index contributed by atoms with van der Waals surface area (Å²) < 4.78 is 1.78. The van der Waals surface area contributed by atoms with E-state index in [1.165, 1.54) is 0 Å². The van der Waals surface area contributed by atoms with Gasteiger partial charge in [0.15, 0.2) is 0 Å². The van der Waals surface area contributed by atoms with Crippen LogP contribution in [0.5, 0.6) is 0 Å². The molecule has 2 aromatic heterocycles. The van der Waals surface area contributed by atoms with Crippen LogP contribution in [-0.4, -0.2) is 32.6 Å². The van der Waals surface area contributed by atoms with Crippen LogP contribution in [0.2, 0.25) is 0 Å². The second-order valence-electron chi connectivity index (χ2n) is 6.39. The van der Waals surface area contributed by atoms with Crippen LogP contribution in [0.15, 0.2) is 42.7 Å². The van der Waals surface area contributed by atoms with Crippen molar-refractivity contribution in [3.8, 4) is 22.3 Å². The number of carbonyl (C=O) groups is 1. The van der Waals surface area contributed by atoms with E-state index in [9.17, 15) is 4.79 Å². The number of aromatic nitrogens is 3. The lowest BCUT2D eigenvalue weighted by Crippen LogP contribution is -2.27. The maximum absolute atomic E-state index is 12.8. The van der Waals surface area contributed by atoms with E-state index >= 15 is 0 Å². The van der Waals surface area contributed by atoms with Crippen LogP contribution in [0, 0.1) is 6.92 Å². The summed E-state index contributed by atoms with van der Waals surface area (Å²) in [5.41, 5.74) is 7.01. The molecule has 5 heteroatoms. The molecule has 0 aliphatic carbocycles. The molecule has 0 unspecified atom stereocenters. The second kappa shape index (κ2) is 5.84. The van der Waals surface area contributed by atoms with Crippen LogP contribution < -0.4 is 0 Å². The van der Waals surface area contributed by atoms with E-state index in [1.807, 2.05) is 33.2 Å². The molecule has 3 heterocycles. The third-order valence-corrected chi connectivity index (χ3v) is 4.81. The van der Waals surface area contributed by atoms with Gasteiger partial charge in [-0.1, -0.05) is 18.2 Å². The molecule has 3 aromatic rings. The van der Waals surface area contributed by atoms with Gasteiger partial charge in [-0.2, -0.15) is 5.10 Å². The van der Waals surface area contributed by atoms with Gasteiger partial charge < -0.3 is 4.90 Å². The minimum atomic E-state index is 0.0182. The van der Waals surface area contributed by atoms with Crippen molar-refractivity contribution in [3.05, 3.63) is 59.7 Å². The smallest absolute Gasteiger partial charge is 0.272 e. The fraction of sp³-hybridized carbons (Fsp3) is 0.250. The van der Waals surface area contributed by atoms with Crippen LogP contribution >= 0.6 is 0 Å². The molecule has 0 atom stereocenters. The van der Waals surface area contributed by atoms with Gasteiger partial charge in [0.2, 0.25) is 0 Å². The Balaban J connectivity index is 1.95. The predicted molar refractivity (Wildman–Crippen MR) is 97.1 cm³/mol. The summed E-state index contributed by atoms with van der Waals surface area (Å²) in [4.78, 5) is 19.0. The Kier molecular flexibility index (Phi) is 3.64. The zero-order chi connectivity index (χ0) is 17.6. The summed E-state index contributed by atoms with van der Waals surface area (Å²) in [6, 6.07) is 10.4. The Morgan fingerprint density at radius 2 is 2.00 bits per heavy atom. The van der Waals surface area contributed by atoms with Crippen molar-refractivity contribution in [1.82, 2.24) is 19.7 Å². The average molecular weight is 332 g/mol. The lowest BCUT2D eigenvalue weighted by atomic mass is 9.95. The maximum atomic E-state index is 12.8. The van der Waals surface area contributed by atoms with Gasteiger partial charge in [0.25, 0.3) is 5.91 Å². The highest BCUT2D eigenvalue weighted by Gasteiger charge is 2.28. The number of fused-ring (bicyclic) bond motifs is 3. The minimum Gasteiger partial charge on any atom is -0.336 e. The summed E-state index contributed by atoms with van der Waals surface area (Å²) in [5.74, 6) is 0.0182. The Morgan fingerprint density at radius 3 is 2.76 bits per heavy atom. The number of rotatable bonds is 2. The number of benzene rings is 1. The molecule has 5 nitrogen and oxygen atoms in total. The van der Waals surface area contributed by atoms with Gasteiger partial charge in [0, 0.05) is 43.2 Å². The van der Waals surface area contributed by atoms with E-state index in [1.54, 1.807) is 15.8 Å². The quantitative estimate of drug-likeness (QED) is 0.721. The number of hydrogen-bond acceptors (Lipinski definition) is 3. The van der Waals surface area contributed by atoms with Gasteiger partial charge in [-0.05, 0) is 42.7 Å². The number of amides is 1. The standard InChI is InChI=1S/C20H20N4O/c1-4-24-19-18(11-22-24)17-10-14(16-6-5-9-21-13(16)2)7-8-15(17)12-23(3)20(19)25/h5-11H,4,12H2,1-3H3. The first-order chi connectivity index (χ1) is 12.1. The van der Waals surface area contributed by atoms with Gasteiger partial charge in [0.1, 0.15) is 5.69 Å². The number of carbonyl (C=O) groups excluding carboxylic acids is 1. The predicted octanol–water partition coefficient (Wildman–Crippen LogP) is 3.53. The molecule has 0 radical (unpaired) electrons. The van der Waals surface area contributed by atoms with E-state index in [0.29, 0.717) is 18.8 Å². The normalized spacial score (nSPS) is 13.4. The third-order valence-electron chi connectivity index (χ3n) is 4.81. The average Bonchev–Trinajstić information content (AvgIpc) is 3.01. The van der Waals surface area contributed by atoms with Crippen molar-refractivity contribution >= 4 is 5.91 Å². The number of hydrogen-bond donors (Lipinski definition) is 0. The SMILES string of the molecule is CCn1ncc2c1C(=O)N(C)Cc1ccc(-c3cccnc3C)cc1-2. The summed E-state index contributed by atoms with van der Waals surface area (Å²) in [6.45, 7) is 5.28. The second-order valence-corrected chi connectivity index (χ2v) is 6.39. The van der Waals surface area contributed by atoms with Crippen LogP contribution in [0.1, 0.15) is 28.7 Å². The molecule has 1 aromatic carbocycles. The van der Waals surface area contributed by atoms with Gasteiger partial charge in [-0.3, -0.25) is 14.5 Å². The lowest BCUT2D eigenvalue weighted by Gasteiger charge is -2.16. The molecule has 25 heavy (non-hydrogen) atoms. The Morgan fingerprint density at radius 1 is 1.16 bits per heavy atom. The molecular formula is C20H20N4O. The Labute approximate surface area is 146 Å². The van der Waals surface area contributed by atoms with Crippen molar-refractivity contribution in [2.24, 2.45) is 0 Å². The first-order valence-corrected chi connectivity index (χ1v) is 8.46. The first-order valence-electron chi connectivity index (χ1n) is 8.46. The van der Waals surface area contributed by atoms with Crippen LogP contribution in [0.3, 0.4) is 0 Å². The largest absolute Gasteiger partial charge is 0.336 e. The molecule has 1 aliphatic rings. The first kappa shape index (κ1) is 15.6. The minimum absolute atomic E-state index is 0.0182. The number of nitrogens with zero attached hydrogens (tertiary/aromatic N) is 4. The molecular weight excluding hydrogens is 312 g/mol. The van der Waals surface area contributed by atoms with E-state index in [0.717, 1.165) is 33.5 Å². The Bertz CT molecular complexity index is 974. The van der Waals surface area contributed by atoms with Crippen LogP contribution in [0.4, 0.5) is 0 Å². The third kappa shape index (κ3) is 2.43. The van der Waals surface area contributed by atoms with E-state index in [-0.39, 0.29) is 5.91 Å². The summed E-state index contributed by atoms with van der Waals surface area (Å²) in [7, 11) is 1.84. The highest BCUT2D eigenvalue weighted by atomic mass is 16.2. The number of aryl methyl sites for hydroxylation is 2. The van der Waals surface area contributed by atoms with E-state index in [2.05, 4.69) is 34.3 Å². The van der Waals surface area contributed by atoms with Crippen LogP contribution in [0.25, 0.3) is 22.3 Å². The lowest BCUT2D eigenvalue weighted by molar-refractivity contribution is 0.0776. The molecule has 1 amide bonds. The maximum Gasteiger partial charge on any atom is 0.272 e. The van der Waals surface area contributed by atoms with Crippen molar-refractivity contribution < 1.29 is 4.79 Å².